The number of carbonyl (C=O) groups excluding carboxylic acids is 1. The summed E-state index contributed by atoms with van der Waals surface area (Å²) in [7, 11) is -3.42. The maximum atomic E-state index is 12.4. The largest absolute Gasteiger partial charge is 0.352 e. The minimum atomic E-state index is -3.42. The second-order valence-corrected chi connectivity index (χ2v) is 8.69. The average Bonchev–Trinajstić information content (AvgIpc) is 3.29. The van der Waals surface area contributed by atoms with Gasteiger partial charge in [-0.15, -0.1) is 11.3 Å². The smallest absolute Gasteiger partial charge is 0.251 e. The van der Waals surface area contributed by atoms with E-state index in [4.69, 9.17) is 0 Å². The molecule has 128 valence electrons. The normalized spacial score (nSPS) is 15.5. The summed E-state index contributed by atoms with van der Waals surface area (Å²) < 4.78 is 26.4. The third kappa shape index (κ3) is 3.85. The molecule has 0 saturated carbocycles. The number of hydrogen-bond acceptors (Lipinski definition) is 4. The van der Waals surface area contributed by atoms with Crippen LogP contribution < -0.4 is 5.32 Å². The van der Waals surface area contributed by atoms with Gasteiger partial charge in [-0.2, -0.15) is 4.31 Å². The maximum absolute atomic E-state index is 12.4. The molecule has 1 N–H and O–H groups in total. The molecule has 1 aromatic heterocycles. The Morgan fingerprint density at radius 2 is 1.83 bits per heavy atom. The molecule has 0 unspecified atom stereocenters. The van der Waals surface area contributed by atoms with Gasteiger partial charge in [0.05, 0.1) is 4.90 Å². The highest BCUT2D eigenvalue weighted by Crippen LogP contribution is 2.21. The predicted molar refractivity (Wildman–Crippen MR) is 94.8 cm³/mol. The van der Waals surface area contributed by atoms with Crippen molar-refractivity contribution in [3.63, 3.8) is 0 Å². The highest BCUT2D eigenvalue weighted by atomic mass is 32.2. The van der Waals surface area contributed by atoms with Crippen LogP contribution in [0.1, 0.15) is 28.1 Å². The molecular weight excluding hydrogens is 344 g/mol. The number of rotatable bonds is 6. The van der Waals surface area contributed by atoms with Gasteiger partial charge in [0, 0.05) is 30.1 Å². The lowest BCUT2D eigenvalue weighted by molar-refractivity contribution is 0.0954. The molecule has 0 atom stereocenters. The molecular formula is C17H20N2O3S2. The van der Waals surface area contributed by atoms with E-state index in [2.05, 4.69) is 5.32 Å². The lowest BCUT2D eigenvalue weighted by atomic mass is 10.2. The fraction of sp³-hybridized carbons (Fsp3) is 0.353. The van der Waals surface area contributed by atoms with Crippen LogP contribution in [0.4, 0.5) is 0 Å². The van der Waals surface area contributed by atoms with Crippen LogP contribution in [0.2, 0.25) is 0 Å². The fourth-order valence-corrected chi connectivity index (χ4v) is 4.94. The summed E-state index contributed by atoms with van der Waals surface area (Å²) in [4.78, 5) is 13.6. The summed E-state index contributed by atoms with van der Waals surface area (Å²) >= 11 is 1.66. The molecule has 3 rings (SSSR count). The van der Waals surface area contributed by atoms with E-state index < -0.39 is 10.0 Å². The van der Waals surface area contributed by atoms with Crippen molar-refractivity contribution in [2.24, 2.45) is 0 Å². The number of hydrogen-bond donors (Lipinski definition) is 1. The number of carbonyl (C=O) groups is 1. The third-order valence-corrected chi connectivity index (χ3v) is 6.91. The van der Waals surface area contributed by atoms with Crippen molar-refractivity contribution in [2.45, 2.75) is 24.2 Å². The Morgan fingerprint density at radius 1 is 1.12 bits per heavy atom. The van der Waals surface area contributed by atoms with Gasteiger partial charge in [0.15, 0.2) is 0 Å². The minimum absolute atomic E-state index is 0.184. The molecule has 0 bridgehead atoms. The summed E-state index contributed by atoms with van der Waals surface area (Å²) in [6.45, 7) is 1.72. The maximum Gasteiger partial charge on any atom is 0.251 e. The molecule has 5 nitrogen and oxygen atoms in total. The lowest BCUT2D eigenvalue weighted by Gasteiger charge is -2.15. The summed E-state index contributed by atoms with van der Waals surface area (Å²) in [6, 6.07) is 10.2. The standard InChI is InChI=1S/C17H20N2O3S2/c20-17(18-10-9-15-4-3-13-23-15)14-5-7-16(8-6-14)24(21,22)19-11-1-2-12-19/h3-8,13H,1-2,9-12H2,(H,18,20). The Bertz CT molecular complexity index is 778. The number of nitrogens with zero attached hydrogens (tertiary/aromatic N) is 1. The van der Waals surface area contributed by atoms with E-state index in [0.717, 1.165) is 19.3 Å². The van der Waals surface area contributed by atoms with Crippen LogP contribution in [0.3, 0.4) is 0 Å². The van der Waals surface area contributed by atoms with Gasteiger partial charge in [0.1, 0.15) is 0 Å². The SMILES string of the molecule is O=C(NCCc1cccs1)c1ccc(S(=O)(=O)N2CCCC2)cc1. The van der Waals surface area contributed by atoms with Crippen LogP contribution in [-0.2, 0) is 16.4 Å². The lowest BCUT2D eigenvalue weighted by Crippen LogP contribution is -2.28. The molecule has 1 fully saturated rings. The number of thiophene rings is 1. The monoisotopic (exact) mass is 364 g/mol. The number of amides is 1. The zero-order valence-electron chi connectivity index (χ0n) is 13.3. The highest BCUT2D eigenvalue weighted by Gasteiger charge is 2.27. The number of sulfonamides is 1. The van der Waals surface area contributed by atoms with Crippen LogP contribution in [-0.4, -0.2) is 38.3 Å². The zero-order chi connectivity index (χ0) is 17.0. The Labute approximate surface area is 146 Å². The molecule has 1 aromatic carbocycles. The van der Waals surface area contributed by atoms with Crippen LogP contribution in [0.15, 0.2) is 46.7 Å². The fourth-order valence-electron chi connectivity index (χ4n) is 2.71. The third-order valence-electron chi connectivity index (χ3n) is 4.06. The van der Waals surface area contributed by atoms with Gasteiger partial charge >= 0.3 is 0 Å². The topological polar surface area (TPSA) is 66.5 Å². The molecule has 1 amide bonds. The first-order chi connectivity index (χ1) is 11.6. The first kappa shape index (κ1) is 17.1. The summed E-state index contributed by atoms with van der Waals surface area (Å²) in [6.07, 6.45) is 2.61. The number of nitrogens with one attached hydrogen (secondary N) is 1. The van der Waals surface area contributed by atoms with Crippen molar-refractivity contribution in [3.8, 4) is 0 Å². The van der Waals surface area contributed by atoms with Crippen molar-refractivity contribution in [3.05, 3.63) is 52.2 Å². The predicted octanol–water partition coefficient (Wildman–Crippen LogP) is 2.51. The quantitative estimate of drug-likeness (QED) is 0.856. The van der Waals surface area contributed by atoms with E-state index >= 15 is 0 Å². The molecule has 0 spiro atoms. The van der Waals surface area contributed by atoms with E-state index in [0.29, 0.717) is 25.2 Å². The van der Waals surface area contributed by atoms with E-state index in [1.807, 2.05) is 17.5 Å². The van der Waals surface area contributed by atoms with E-state index in [1.54, 1.807) is 23.5 Å². The van der Waals surface area contributed by atoms with Gasteiger partial charge in [-0.1, -0.05) is 6.07 Å². The van der Waals surface area contributed by atoms with Gasteiger partial charge in [-0.05, 0) is 55.0 Å². The van der Waals surface area contributed by atoms with Crippen molar-refractivity contribution in [2.75, 3.05) is 19.6 Å². The Morgan fingerprint density at radius 3 is 2.46 bits per heavy atom. The molecule has 0 radical (unpaired) electrons. The van der Waals surface area contributed by atoms with Gasteiger partial charge < -0.3 is 5.32 Å². The van der Waals surface area contributed by atoms with E-state index in [1.165, 1.54) is 21.3 Å². The molecule has 1 saturated heterocycles. The molecule has 7 heteroatoms. The van der Waals surface area contributed by atoms with Crippen molar-refractivity contribution < 1.29 is 13.2 Å². The van der Waals surface area contributed by atoms with E-state index in [-0.39, 0.29) is 10.8 Å². The van der Waals surface area contributed by atoms with Crippen LogP contribution in [0.25, 0.3) is 0 Å². The first-order valence-electron chi connectivity index (χ1n) is 7.98. The Balaban J connectivity index is 1.60. The Kier molecular flexibility index (Phi) is 5.33. The van der Waals surface area contributed by atoms with Gasteiger partial charge in [0.2, 0.25) is 10.0 Å². The Hall–Kier alpha value is -1.70. The van der Waals surface area contributed by atoms with Crippen molar-refractivity contribution in [1.29, 1.82) is 0 Å². The van der Waals surface area contributed by atoms with Gasteiger partial charge in [-0.3, -0.25) is 4.79 Å². The van der Waals surface area contributed by atoms with Crippen molar-refractivity contribution in [1.82, 2.24) is 9.62 Å². The van der Waals surface area contributed by atoms with Gasteiger partial charge in [0.25, 0.3) is 5.91 Å². The minimum Gasteiger partial charge on any atom is -0.352 e. The molecule has 2 aromatic rings. The van der Waals surface area contributed by atoms with Gasteiger partial charge in [-0.25, -0.2) is 8.42 Å². The van der Waals surface area contributed by atoms with Crippen molar-refractivity contribution >= 4 is 27.3 Å². The molecule has 24 heavy (non-hydrogen) atoms. The summed E-state index contributed by atoms with van der Waals surface area (Å²) in [5, 5.41) is 4.87. The van der Waals surface area contributed by atoms with E-state index in [9.17, 15) is 13.2 Å². The number of benzene rings is 1. The highest BCUT2D eigenvalue weighted by molar-refractivity contribution is 7.89. The zero-order valence-corrected chi connectivity index (χ0v) is 14.9. The second-order valence-electron chi connectivity index (χ2n) is 5.72. The molecule has 1 aliphatic rings. The molecule has 0 aliphatic carbocycles. The van der Waals surface area contributed by atoms with Crippen LogP contribution in [0.5, 0.6) is 0 Å². The molecule has 1 aliphatic heterocycles. The van der Waals surface area contributed by atoms with Crippen LogP contribution in [0, 0.1) is 0 Å². The second kappa shape index (κ2) is 7.46. The summed E-state index contributed by atoms with van der Waals surface area (Å²) in [5.74, 6) is -0.184. The summed E-state index contributed by atoms with van der Waals surface area (Å²) in [5.41, 5.74) is 0.474. The average molecular weight is 364 g/mol. The first-order valence-corrected chi connectivity index (χ1v) is 10.3. The molecule has 2 heterocycles. The van der Waals surface area contributed by atoms with Crippen LogP contribution >= 0.6 is 11.3 Å².